The minimum absolute atomic E-state index is 0.0867. The number of benzene rings is 1. The molecular weight excluding hydrogens is 360 g/mol. The third kappa shape index (κ3) is 3.11. The number of fused-ring (bicyclic) bond motifs is 1. The Morgan fingerprint density at radius 2 is 1.59 bits per heavy atom. The average Bonchev–Trinajstić information content (AvgIpc) is 3.01. The van der Waals surface area contributed by atoms with Gasteiger partial charge in [-0.05, 0) is 79.1 Å². The van der Waals surface area contributed by atoms with Gasteiger partial charge in [0, 0.05) is 18.6 Å². The predicted molar refractivity (Wildman–Crippen MR) is 116 cm³/mol. The molecule has 0 aliphatic heterocycles. The van der Waals surface area contributed by atoms with Gasteiger partial charge in [-0.3, -0.25) is 0 Å². The maximum atomic E-state index is 11.9. The Morgan fingerprint density at radius 1 is 0.897 bits per heavy atom. The molecule has 0 saturated heterocycles. The van der Waals surface area contributed by atoms with Crippen LogP contribution in [-0.2, 0) is 5.60 Å². The lowest BCUT2D eigenvalue weighted by atomic mass is 9.48. The lowest BCUT2D eigenvalue weighted by Gasteiger charge is -2.58. The van der Waals surface area contributed by atoms with Gasteiger partial charge < -0.3 is 15.3 Å². The summed E-state index contributed by atoms with van der Waals surface area (Å²) in [6.45, 7) is 7.41. The summed E-state index contributed by atoms with van der Waals surface area (Å²) in [5, 5.41) is 32.7. The van der Waals surface area contributed by atoms with Crippen molar-refractivity contribution in [2.45, 2.75) is 71.3 Å². The Labute approximate surface area is 176 Å². The number of aliphatic hydroxyl groups excluding tert-OH is 2. The zero-order chi connectivity index (χ0) is 20.9. The molecule has 8 atom stereocenters. The van der Waals surface area contributed by atoms with Crippen molar-refractivity contribution in [1.82, 2.24) is 0 Å². The normalized spacial score (nSPS) is 47.7. The molecule has 0 amide bonds. The first-order chi connectivity index (χ1) is 13.8. The maximum absolute atomic E-state index is 11.9. The minimum atomic E-state index is -0.810. The van der Waals surface area contributed by atoms with Gasteiger partial charge in [0.05, 0.1) is 5.60 Å². The Morgan fingerprint density at radius 3 is 2.24 bits per heavy atom. The smallest absolute Gasteiger partial charge is 0.0952 e. The van der Waals surface area contributed by atoms with Crippen LogP contribution >= 0.6 is 0 Å². The number of aliphatic hydroxyl groups is 3. The van der Waals surface area contributed by atoms with Gasteiger partial charge >= 0.3 is 0 Å². The van der Waals surface area contributed by atoms with E-state index < -0.39 is 5.60 Å². The molecule has 0 aromatic heterocycles. The van der Waals surface area contributed by atoms with Crippen molar-refractivity contribution < 1.29 is 15.3 Å². The molecule has 3 heteroatoms. The van der Waals surface area contributed by atoms with Crippen LogP contribution in [0.25, 0.3) is 0 Å². The predicted octanol–water partition coefficient (Wildman–Crippen LogP) is 4.74. The van der Waals surface area contributed by atoms with E-state index in [1.807, 2.05) is 18.2 Å². The van der Waals surface area contributed by atoms with Crippen LogP contribution in [0, 0.1) is 40.4 Å². The van der Waals surface area contributed by atoms with Crippen LogP contribution < -0.4 is 0 Å². The molecule has 29 heavy (non-hydrogen) atoms. The monoisotopic (exact) mass is 400 g/mol. The van der Waals surface area contributed by atoms with E-state index in [0.717, 1.165) is 44.1 Å². The molecule has 0 bridgehead atoms. The zero-order valence-corrected chi connectivity index (χ0v) is 18.5. The van der Waals surface area contributed by atoms with E-state index in [1.165, 1.54) is 6.42 Å². The van der Waals surface area contributed by atoms with Crippen molar-refractivity contribution >= 4 is 0 Å². The first-order valence-electron chi connectivity index (χ1n) is 11.8. The lowest BCUT2D eigenvalue weighted by molar-refractivity contribution is -0.150. The van der Waals surface area contributed by atoms with E-state index in [9.17, 15) is 15.3 Å². The first kappa shape index (κ1) is 21.3. The second-order valence-corrected chi connectivity index (χ2v) is 11.0. The highest BCUT2D eigenvalue weighted by Gasteiger charge is 2.63. The van der Waals surface area contributed by atoms with Crippen molar-refractivity contribution in [2.24, 2.45) is 40.4 Å². The fraction of sp³-hybridized carbons (Fsp3) is 0.769. The number of hydrogen-bond acceptors (Lipinski definition) is 3. The lowest BCUT2D eigenvalue weighted by Crippen LogP contribution is -2.54. The molecule has 0 unspecified atom stereocenters. The molecule has 3 fully saturated rings. The second-order valence-electron chi connectivity index (χ2n) is 11.0. The molecule has 4 rings (SSSR count). The van der Waals surface area contributed by atoms with Crippen LogP contribution in [0.15, 0.2) is 30.3 Å². The van der Waals surface area contributed by atoms with Crippen LogP contribution in [0.4, 0.5) is 0 Å². The van der Waals surface area contributed by atoms with Crippen LogP contribution in [0.2, 0.25) is 0 Å². The van der Waals surface area contributed by atoms with Gasteiger partial charge in [-0.15, -0.1) is 0 Å². The van der Waals surface area contributed by atoms with E-state index in [2.05, 4.69) is 32.9 Å². The molecule has 3 nitrogen and oxygen atoms in total. The Hall–Kier alpha value is -0.900. The zero-order valence-electron chi connectivity index (χ0n) is 18.5. The molecule has 0 radical (unpaired) electrons. The quantitative estimate of drug-likeness (QED) is 0.684. The van der Waals surface area contributed by atoms with E-state index in [1.54, 1.807) is 0 Å². The third-order valence-electron chi connectivity index (χ3n) is 9.91. The van der Waals surface area contributed by atoms with Gasteiger partial charge in [-0.2, -0.15) is 0 Å². The molecule has 0 heterocycles. The van der Waals surface area contributed by atoms with E-state index >= 15 is 0 Å². The molecule has 3 N–H and O–H groups in total. The molecule has 3 aliphatic carbocycles. The Bertz CT molecular complexity index is 705. The molecule has 162 valence electrons. The summed E-state index contributed by atoms with van der Waals surface area (Å²) in [5.41, 5.74) is 0.107. The van der Waals surface area contributed by atoms with Gasteiger partial charge in [-0.1, -0.05) is 57.5 Å². The van der Waals surface area contributed by atoms with E-state index in [-0.39, 0.29) is 30.0 Å². The van der Waals surface area contributed by atoms with Crippen LogP contribution in [0.1, 0.15) is 71.3 Å². The van der Waals surface area contributed by atoms with Crippen molar-refractivity contribution in [2.75, 3.05) is 13.2 Å². The van der Waals surface area contributed by atoms with Crippen molar-refractivity contribution in [3.8, 4) is 0 Å². The van der Waals surface area contributed by atoms with Crippen LogP contribution in [0.3, 0.4) is 0 Å². The maximum Gasteiger partial charge on any atom is 0.0952 e. The Balaban J connectivity index is 1.66. The van der Waals surface area contributed by atoms with Gasteiger partial charge in [0.15, 0.2) is 0 Å². The highest BCUT2D eigenvalue weighted by molar-refractivity contribution is 5.29. The summed E-state index contributed by atoms with van der Waals surface area (Å²) in [6.07, 6.45) is 7.24. The van der Waals surface area contributed by atoms with Gasteiger partial charge in [0.2, 0.25) is 0 Å². The van der Waals surface area contributed by atoms with Gasteiger partial charge in [0.1, 0.15) is 0 Å². The number of hydrogen-bond donors (Lipinski definition) is 3. The van der Waals surface area contributed by atoms with E-state index in [0.29, 0.717) is 23.7 Å². The SMILES string of the molecule is C[C@H]1CC[C@](C)([C@H]2CC[C@@]3(C)[C@@H](CC[C@@]3(O)c3ccccc3)[C@@H]2CO)[C@@H](CO)C1. The largest absolute Gasteiger partial charge is 0.396 e. The van der Waals surface area contributed by atoms with Crippen LogP contribution in [0.5, 0.6) is 0 Å². The molecule has 1 aromatic carbocycles. The molecule has 0 spiro atoms. The molecule has 3 aliphatic rings. The summed E-state index contributed by atoms with van der Waals surface area (Å²) < 4.78 is 0. The average molecular weight is 401 g/mol. The highest BCUT2D eigenvalue weighted by atomic mass is 16.3. The van der Waals surface area contributed by atoms with Gasteiger partial charge in [-0.25, -0.2) is 0 Å². The highest BCUT2D eigenvalue weighted by Crippen LogP contribution is 2.67. The standard InChI is InChI=1S/C26H40O3/c1-18-9-12-24(2,20(15-18)16-27)22-10-13-25(3)23(21(22)17-28)11-14-26(25,29)19-7-5-4-6-8-19/h4-8,18,20-23,27-29H,9-17H2,1-3H3/t18-,20+,21+,22-,23-,24-,25-,26+/m0/s1. The van der Waals surface area contributed by atoms with Crippen LogP contribution in [-0.4, -0.2) is 28.5 Å². The molecular formula is C26H40O3. The van der Waals surface area contributed by atoms with Crippen molar-refractivity contribution in [3.05, 3.63) is 35.9 Å². The minimum Gasteiger partial charge on any atom is -0.396 e. The summed E-state index contributed by atoms with van der Waals surface area (Å²) in [4.78, 5) is 0. The van der Waals surface area contributed by atoms with Crippen molar-refractivity contribution in [3.63, 3.8) is 0 Å². The third-order valence-corrected chi connectivity index (χ3v) is 9.91. The summed E-state index contributed by atoms with van der Waals surface area (Å²) in [7, 11) is 0. The van der Waals surface area contributed by atoms with Crippen molar-refractivity contribution in [1.29, 1.82) is 0 Å². The Kier molecular flexibility index (Phi) is 5.63. The summed E-state index contributed by atoms with van der Waals surface area (Å²) in [5.74, 6) is 1.96. The summed E-state index contributed by atoms with van der Waals surface area (Å²) >= 11 is 0. The number of rotatable bonds is 4. The topological polar surface area (TPSA) is 60.7 Å². The van der Waals surface area contributed by atoms with Gasteiger partial charge in [0.25, 0.3) is 0 Å². The second kappa shape index (κ2) is 7.66. The first-order valence-corrected chi connectivity index (χ1v) is 11.8. The fourth-order valence-corrected chi connectivity index (χ4v) is 7.97. The fourth-order valence-electron chi connectivity index (χ4n) is 7.97. The van der Waals surface area contributed by atoms with E-state index in [4.69, 9.17) is 0 Å². The summed E-state index contributed by atoms with van der Waals surface area (Å²) in [6, 6.07) is 10.2. The molecule has 1 aromatic rings. The molecule has 3 saturated carbocycles.